The molecule has 156 valence electrons. The van der Waals surface area contributed by atoms with Crippen LogP contribution in [0.15, 0.2) is 59.6 Å². The van der Waals surface area contributed by atoms with E-state index in [1.54, 1.807) is 6.20 Å². The number of carbonyl (C=O) groups is 1. The Morgan fingerprint density at radius 1 is 1.10 bits per heavy atom. The maximum atomic E-state index is 12.8. The van der Waals surface area contributed by atoms with Gasteiger partial charge in [0, 0.05) is 31.2 Å². The third-order valence-electron chi connectivity index (χ3n) is 5.28. The van der Waals surface area contributed by atoms with E-state index in [0.717, 1.165) is 29.3 Å². The van der Waals surface area contributed by atoms with Crippen molar-refractivity contribution < 1.29 is 13.2 Å². The standard InChI is InChI=1S/C22H22ClN3O3S/c23-20-9-8-18(30(28,29)26-13-1-2-14-26)15-19(20)22(27)25-12-10-17-6-3-5-16-7-4-11-24-21(16)17/h3-9,11,15H,1-2,10,12-14H2,(H,25,27). The molecule has 1 aromatic heterocycles. The Labute approximate surface area is 180 Å². The van der Waals surface area contributed by atoms with Crippen molar-refractivity contribution in [1.82, 2.24) is 14.6 Å². The van der Waals surface area contributed by atoms with Gasteiger partial charge in [-0.2, -0.15) is 4.31 Å². The van der Waals surface area contributed by atoms with E-state index >= 15 is 0 Å². The highest BCUT2D eigenvalue weighted by molar-refractivity contribution is 7.89. The number of hydrogen-bond donors (Lipinski definition) is 1. The predicted molar refractivity (Wildman–Crippen MR) is 117 cm³/mol. The Bertz CT molecular complexity index is 1190. The van der Waals surface area contributed by atoms with Crippen LogP contribution in [-0.4, -0.2) is 43.2 Å². The van der Waals surface area contributed by atoms with E-state index in [-0.39, 0.29) is 15.5 Å². The molecule has 6 nitrogen and oxygen atoms in total. The lowest BCUT2D eigenvalue weighted by Crippen LogP contribution is -2.29. The number of fused-ring (bicyclic) bond motifs is 1. The lowest BCUT2D eigenvalue weighted by molar-refractivity contribution is 0.0954. The van der Waals surface area contributed by atoms with Gasteiger partial charge < -0.3 is 5.32 Å². The smallest absolute Gasteiger partial charge is 0.252 e. The van der Waals surface area contributed by atoms with Gasteiger partial charge in [-0.05, 0) is 49.1 Å². The molecule has 0 atom stereocenters. The van der Waals surface area contributed by atoms with Gasteiger partial charge in [0.05, 0.1) is 21.0 Å². The van der Waals surface area contributed by atoms with E-state index in [0.29, 0.717) is 26.1 Å². The fraction of sp³-hybridized carbons (Fsp3) is 0.273. The number of rotatable bonds is 6. The average molecular weight is 444 g/mol. The summed E-state index contributed by atoms with van der Waals surface area (Å²) in [5, 5.41) is 4.11. The number of sulfonamides is 1. The van der Waals surface area contributed by atoms with Crippen LogP contribution in [0.4, 0.5) is 0 Å². The van der Waals surface area contributed by atoms with E-state index < -0.39 is 15.9 Å². The van der Waals surface area contributed by atoms with Gasteiger partial charge >= 0.3 is 0 Å². The molecule has 1 aliphatic heterocycles. The maximum Gasteiger partial charge on any atom is 0.252 e. The molecule has 3 aromatic rings. The van der Waals surface area contributed by atoms with Gasteiger partial charge in [0.2, 0.25) is 10.0 Å². The number of pyridine rings is 1. The number of aromatic nitrogens is 1. The first-order valence-electron chi connectivity index (χ1n) is 9.87. The second-order valence-electron chi connectivity index (χ2n) is 7.25. The second-order valence-corrected chi connectivity index (χ2v) is 9.60. The van der Waals surface area contributed by atoms with Crippen molar-refractivity contribution >= 4 is 38.4 Å². The van der Waals surface area contributed by atoms with Crippen molar-refractivity contribution in [3.63, 3.8) is 0 Å². The van der Waals surface area contributed by atoms with Crippen LogP contribution < -0.4 is 5.32 Å². The zero-order chi connectivity index (χ0) is 21.1. The molecule has 2 aromatic carbocycles. The van der Waals surface area contributed by atoms with Gasteiger partial charge in [-0.25, -0.2) is 8.42 Å². The number of carbonyl (C=O) groups excluding carboxylic acids is 1. The fourth-order valence-corrected chi connectivity index (χ4v) is 5.44. The lowest BCUT2D eigenvalue weighted by Gasteiger charge is -2.16. The molecule has 2 heterocycles. The van der Waals surface area contributed by atoms with Gasteiger partial charge in [-0.15, -0.1) is 0 Å². The molecule has 0 saturated carbocycles. The monoisotopic (exact) mass is 443 g/mol. The van der Waals surface area contributed by atoms with Gasteiger partial charge in [0.25, 0.3) is 5.91 Å². The summed E-state index contributed by atoms with van der Waals surface area (Å²) in [5.74, 6) is -0.397. The van der Waals surface area contributed by atoms with Crippen molar-refractivity contribution in [1.29, 1.82) is 0 Å². The van der Waals surface area contributed by atoms with Crippen molar-refractivity contribution in [2.45, 2.75) is 24.2 Å². The third kappa shape index (κ3) is 4.19. The van der Waals surface area contributed by atoms with Crippen molar-refractivity contribution in [2.75, 3.05) is 19.6 Å². The molecule has 0 spiro atoms. The van der Waals surface area contributed by atoms with E-state index in [4.69, 9.17) is 11.6 Å². The summed E-state index contributed by atoms with van der Waals surface area (Å²) >= 11 is 6.20. The summed E-state index contributed by atoms with van der Waals surface area (Å²) in [7, 11) is -3.61. The normalized spacial score (nSPS) is 14.8. The van der Waals surface area contributed by atoms with Crippen LogP contribution in [0.5, 0.6) is 0 Å². The van der Waals surface area contributed by atoms with Gasteiger partial charge in [-0.1, -0.05) is 35.9 Å². The summed E-state index contributed by atoms with van der Waals surface area (Å²) in [5.41, 5.74) is 2.10. The Kier molecular flexibility index (Phi) is 6.04. The number of nitrogens with one attached hydrogen (secondary N) is 1. The van der Waals surface area contributed by atoms with Gasteiger partial charge in [-0.3, -0.25) is 9.78 Å². The van der Waals surface area contributed by atoms with Crippen molar-refractivity contribution in [3.05, 3.63) is 70.9 Å². The van der Waals surface area contributed by atoms with E-state index in [1.807, 2.05) is 30.3 Å². The summed E-state index contributed by atoms with van der Waals surface area (Å²) in [6.45, 7) is 1.39. The molecule has 1 fully saturated rings. The highest BCUT2D eigenvalue weighted by Crippen LogP contribution is 2.25. The van der Waals surface area contributed by atoms with Crippen LogP contribution in [0.1, 0.15) is 28.8 Å². The predicted octanol–water partition coefficient (Wildman–Crippen LogP) is 3.65. The molecule has 0 aliphatic carbocycles. The van der Waals surface area contributed by atoms with Crippen LogP contribution >= 0.6 is 11.6 Å². The number of amides is 1. The Hall–Kier alpha value is -2.48. The molecule has 0 radical (unpaired) electrons. The second kappa shape index (κ2) is 8.71. The minimum absolute atomic E-state index is 0.0946. The number of halogens is 1. The van der Waals surface area contributed by atoms with Crippen molar-refractivity contribution in [2.24, 2.45) is 0 Å². The highest BCUT2D eigenvalue weighted by atomic mass is 35.5. The third-order valence-corrected chi connectivity index (χ3v) is 7.51. The molecule has 1 N–H and O–H groups in total. The molecule has 0 bridgehead atoms. The fourth-order valence-electron chi connectivity index (χ4n) is 3.69. The first-order chi connectivity index (χ1) is 14.5. The molecule has 30 heavy (non-hydrogen) atoms. The molecular weight excluding hydrogens is 422 g/mol. The first kappa shape index (κ1) is 20.8. The number of nitrogens with zero attached hydrogens (tertiary/aromatic N) is 2. The van der Waals surface area contributed by atoms with Gasteiger partial charge in [0.1, 0.15) is 0 Å². The SMILES string of the molecule is O=C(NCCc1cccc2cccnc12)c1cc(S(=O)(=O)N2CCCC2)ccc1Cl. The quantitative estimate of drug-likeness (QED) is 0.630. The molecule has 4 rings (SSSR count). The number of hydrogen-bond acceptors (Lipinski definition) is 4. The maximum absolute atomic E-state index is 12.8. The summed E-state index contributed by atoms with van der Waals surface area (Å²) < 4.78 is 27.0. The molecule has 0 unspecified atom stereocenters. The summed E-state index contributed by atoms with van der Waals surface area (Å²) in [4.78, 5) is 17.2. The Morgan fingerprint density at radius 3 is 2.67 bits per heavy atom. The van der Waals surface area contributed by atoms with E-state index in [2.05, 4.69) is 10.3 Å². The number of benzene rings is 2. The average Bonchev–Trinajstić information content (AvgIpc) is 3.30. The minimum Gasteiger partial charge on any atom is -0.352 e. The first-order valence-corrected chi connectivity index (χ1v) is 11.7. The van der Waals surface area contributed by atoms with E-state index in [1.165, 1.54) is 22.5 Å². The zero-order valence-corrected chi connectivity index (χ0v) is 17.9. The molecular formula is C22H22ClN3O3S. The molecule has 1 amide bonds. The molecule has 1 saturated heterocycles. The van der Waals surface area contributed by atoms with Crippen LogP contribution in [-0.2, 0) is 16.4 Å². The minimum atomic E-state index is -3.61. The highest BCUT2D eigenvalue weighted by Gasteiger charge is 2.28. The molecule has 1 aliphatic rings. The number of para-hydroxylation sites is 1. The Balaban J connectivity index is 1.48. The lowest BCUT2D eigenvalue weighted by atomic mass is 10.1. The van der Waals surface area contributed by atoms with Crippen LogP contribution in [0.2, 0.25) is 5.02 Å². The zero-order valence-electron chi connectivity index (χ0n) is 16.3. The van der Waals surface area contributed by atoms with Crippen LogP contribution in [0.25, 0.3) is 10.9 Å². The van der Waals surface area contributed by atoms with Crippen molar-refractivity contribution in [3.8, 4) is 0 Å². The largest absolute Gasteiger partial charge is 0.352 e. The van der Waals surface area contributed by atoms with Crippen LogP contribution in [0, 0.1) is 0 Å². The van der Waals surface area contributed by atoms with Gasteiger partial charge in [0.15, 0.2) is 0 Å². The summed E-state index contributed by atoms with van der Waals surface area (Å²) in [6, 6.07) is 14.1. The molecule has 8 heteroatoms. The summed E-state index contributed by atoms with van der Waals surface area (Å²) in [6.07, 6.45) is 4.05. The van der Waals surface area contributed by atoms with Crippen LogP contribution in [0.3, 0.4) is 0 Å². The topological polar surface area (TPSA) is 79.4 Å². The Morgan fingerprint density at radius 2 is 1.87 bits per heavy atom. The van der Waals surface area contributed by atoms with E-state index in [9.17, 15) is 13.2 Å².